The van der Waals surface area contributed by atoms with E-state index in [1.807, 2.05) is 0 Å². The van der Waals surface area contributed by atoms with Crippen LogP contribution in [0.25, 0.3) is 0 Å². The monoisotopic (exact) mass is 385 g/mol. The molecule has 8 heteroatoms. The number of rotatable bonds is 5. The zero-order valence-corrected chi connectivity index (χ0v) is 14.6. The lowest BCUT2D eigenvalue weighted by atomic mass is 10.1. The highest BCUT2D eigenvalue weighted by Gasteiger charge is 2.14. The Bertz CT molecular complexity index is 1050. The van der Waals surface area contributed by atoms with Gasteiger partial charge in [-0.2, -0.15) is 0 Å². The summed E-state index contributed by atoms with van der Waals surface area (Å²) in [5, 5.41) is 5.20. The Balaban J connectivity index is 1.76. The molecule has 0 atom stereocenters. The van der Waals surface area contributed by atoms with Gasteiger partial charge in [0.1, 0.15) is 5.69 Å². The van der Waals surface area contributed by atoms with Gasteiger partial charge < -0.3 is 10.6 Å². The van der Waals surface area contributed by atoms with E-state index in [1.165, 1.54) is 25.3 Å². The molecule has 0 aliphatic rings. The van der Waals surface area contributed by atoms with Crippen LogP contribution in [0.1, 0.15) is 27.8 Å². The van der Waals surface area contributed by atoms with Gasteiger partial charge in [0.25, 0.3) is 5.91 Å². The summed E-state index contributed by atoms with van der Waals surface area (Å²) in [4.78, 5) is 27.6. The molecule has 0 spiro atoms. The topological polar surface area (TPSA) is 71.1 Å². The highest BCUT2D eigenvalue weighted by molar-refractivity contribution is 6.03. The summed E-state index contributed by atoms with van der Waals surface area (Å²) in [6, 6.07) is 10.9. The maximum atomic E-state index is 13.8. The van der Waals surface area contributed by atoms with Crippen LogP contribution in [0.15, 0.2) is 54.7 Å². The molecule has 3 rings (SSSR count). The molecule has 1 amide bonds. The van der Waals surface area contributed by atoms with Crippen molar-refractivity contribution in [3.05, 3.63) is 83.4 Å². The van der Waals surface area contributed by atoms with E-state index in [0.717, 1.165) is 12.1 Å². The minimum absolute atomic E-state index is 0.0173. The normalized spacial score (nSPS) is 10.4. The first-order valence-electron chi connectivity index (χ1n) is 8.14. The van der Waals surface area contributed by atoms with Crippen molar-refractivity contribution in [1.29, 1.82) is 0 Å². The van der Waals surface area contributed by atoms with Crippen LogP contribution in [-0.4, -0.2) is 16.7 Å². The zero-order valence-electron chi connectivity index (χ0n) is 14.6. The highest BCUT2D eigenvalue weighted by atomic mass is 19.2. The molecule has 0 unspecified atom stereocenters. The lowest BCUT2D eigenvalue weighted by Gasteiger charge is -2.10. The van der Waals surface area contributed by atoms with Gasteiger partial charge in [-0.15, -0.1) is 0 Å². The molecule has 0 fully saturated rings. The summed E-state index contributed by atoms with van der Waals surface area (Å²) < 4.78 is 40.1. The van der Waals surface area contributed by atoms with Gasteiger partial charge >= 0.3 is 0 Å². The predicted molar refractivity (Wildman–Crippen MR) is 98.2 cm³/mol. The van der Waals surface area contributed by atoms with Crippen molar-refractivity contribution in [2.45, 2.75) is 6.92 Å². The van der Waals surface area contributed by atoms with E-state index in [1.54, 1.807) is 24.3 Å². The minimum atomic E-state index is -1.59. The molecule has 1 heterocycles. The van der Waals surface area contributed by atoms with Crippen molar-refractivity contribution in [1.82, 2.24) is 4.98 Å². The second kappa shape index (κ2) is 7.91. The van der Waals surface area contributed by atoms with Gasteiger partial charge in [-0.05, 0) is 55.5 Å². The van der Waals surface area contributed by atoms with Crippen molar-refractivity contribution in [3.8, 4) is 0 Å². The Morgan fingerprint density at radius 3 is 2.29 bits per heavy atom. The fraction of sp³-hybridized carbons (Fsp3) is 0.0500. The molecule has 2 aromatic carbocycles. The number of hydrogen-bond acceptors (Lipinski definition) is 4. The van der Waals surface area contributed by atoms with E-state index in [0.29, 0.717) is 11.3 Å². The van der Waals surface area contributed by atoms with Crippen LogP contribution < -0.4 is 10.6 Å². The van der Waals surface area contributed by atoms with E-state index in [9.17, 15) is 22.8 Å². The SMILES string of the molecule is CC(=O)c1ccc(NC(=O)c2cc(Nc3ccc(F)c(F)c3F)ccn2)cc1. The molecule has 0 saturated carbocycles. The summed E-state index contributed by atoms with van der Waals surface area (Å²) in [7, 11) is 0. The molecule has 5 nitrogen and oxygen atoms in total. The quantitative estimate of drug-likeness (QED) is 0.493. The van der Waals surface area contributed by atoms with E-state index < -0.39 is 23.4 Å². The van der Waals surface area contributed by atoms with E-state index in [2.05, 4.69) is 15.6 Å². The molecule has 0 aliphatic carbocycles. The average molecular weight is 385 g/mol. The lowest BCUT2D eigenvalue weighted by molar-refractivity contribution is 0.101. The van der Waals surface area contributed by atoms with Gasteiger partial charge in [0.2, 0.25) is 0 Å². The number of benzene rings is 2. The van der Waals surface area contributed by atoms with Crippen molar-refractivity contribution in [3.63, 3.8) is 0 Å². The molecule has 142 valence electrons. The number of amides is 1. The van der Waals surface area contributed by atoms with Gasteiger partial charge in [-0.25, -0.2) is 13.2 Å². The maximum absolute atomic E-state index is 13.8. The molecule has 28 heavy (non-hydrogen) atoms. The number of carbonyl (C=O) groups is 2. The number of nitrogens with one attached hydrogen (secondary N) is 2. The van der Waals surface area contributed by atoms with Crippen LogP contribution in [0.3, 0.4) is 0 Å². The standard InChI is InChI=1S/C20H14F3N3O2/c1-11(27)12-2-4-13(5-3-12)26-20(28)17-10-14(8-9-24-17)25-16-7-6-15(21)18(22)19(16)23/h2-10H,1H3,(H,24,25)(H,26,28). The second-order valence-electron chi connectivity index (χ2n) is 5.87. The second-order valence-corrected chi connectivity index (χ2v) is 5.87. The van der Waals surface area contributed by atoms with Crippen LogP contribution in [0.5, 0.6) is 0 Å². The van der Waals surface area contributed by atoms with E-state index >= 15 is 0 Å². The fourth-order valence-corrected chi connectivity index (χ4v) is 2.39. The molecule has 0 saturated heterocycles. The van der Waals surface area contributed by atoms with Crippen molar-refractivity contribution in [2.24, 2.45) is 0 Å². The van der Waals surface area contributed by atoms with Crippen molar-refractivity contribution >= 4 is 28.8 Å². The number of nitrogens with zero attached hydrogens (tertiary/aromatic N) is 1. The third-order valence-electron chi connectivity index (χ3n) is 3.86. The van der Waals surface area contributed by atoms with Gasteiger partial charge in [-0.1, -0.05) is 0 Å². The first kappa shape index (κ1) is 19.1. The van der Waals surface area contributed by atoms with E-state index in [-0.39, 0.29) is 22.9 Å². The first-order valence-corrected chi connectivity index (χ1v) is 8.14. The number of halogens is 3. The average Bonchev–Trinajstić information content (AvgIpc) is 2.69. The minimum Gasteiger partial charge on any atom is -0.353 e. The Morgan fingerprint density at radius 2 is 1.61 bits per heavy atom. The zero-order chi connectivity index (χ0) is 20.3. The Hall–Kier alpha value is -3.68. The predicted octanol–water partition coefficient (Wildman–Crippen LogP) is 4.70. The van der Waals surface area contributed by atoms with Crippen LogP contribution in [-0.2, 0) is 0 Å². The van der Waals surface area contributed by atoms with Crippen molar-refractivity contribution < 1.29 is 22.8 Å². The summed E-state index contributed by atoms with van der Waals surface area (Å²) in [6.45, 7) is 1.44. The number of hydrogen-bond donors (Lipinski definition) is 2. The third-order valence-corrected chi connectivity index (χ3v) is 3.86. The summed E-state index contributed by atoms with van der Waals surface area (Å²) in [5.41, 5.74) is 0.967. The smallest absolute Gasteiger partial charge is 0.274 e. The third kappa shape index (κ3) is 4.17. The number of pyridine rings is 1. The van der Waals surface area contributed by atoms with Gasteiger partial charge in [0, 0.05) is 23.1 Å². The molecule has 0 radical (unpaired) electrons. The van der Waals surface area contributed by atoms with Crippen LogP contribution >= 0.6 is 0 Å². The molecular weight excluding hydrogens is 371 g/mol. The number of anilines is 3. The number of Topliss-reactive ketones (excluding diaryl/α,β-unsaturated/α-hetero) is 1. The number of ketones is 1. The molecule has 1 aromatic heterocycles. The summed E-state index contributed by atoms with van der Waals surface area (Å²) in [6.07, 6.45) is 1.31. The first-order chi connectivity index (χ1) is 13.3. The summed E-state index contributed by atoms with van der Waals surface area (Å²) in [5.74, 6) is -4.89. The van der Waals surface area contributed by atoms with Crippen LogP contribution in [0.2, 0.25) is 0 Å². The summed E-state index contributed by atoms with van der Waals surface area (Å²) >= 11 is 0. The molecule has 2 N–H and O–H groups in total. The Labute approximate surface area is 158 Å². The molecule has 0 aliphatic heterocycles. The maximum Gasteiger partial charge on any atom is 0.274 e. The van der Waals surface area contributed by atoms with Gasteiger partial charge in [0.15, 0.2) is 23.2 Å². The Morgan fingerprint density at radius 1 is 0.893 bits per heavy atom. The van der Waals surface area contributed by atoms with E-state index in [4.69, 9.17) is 0 Å². The Kier molecular flexibility index (Phi) is 5.39. The number of carbonyl (C=O) groups excluding carboxylic acids is 2. The lowest BCUT2D eigenvalue weighted by Crippen LogP contribution is -2.14. The van der Waals surface area contributed by atoms with Crippen molar-refractivity contribution in [2.75, 3.05) is 10.6 Å². The van der Waals surface area contributed by atoms with Gasteiger partial charge in [-0.3, -0.25) is 14.6 Å². The molecular formula is C20H14F3N3O2. The highest BCUT2D eigenvalue weighted by Crippen LogP contribution is 2.24. The largest absolute Gasteiger partial charge is 0.353 e. The fourth-order valence-electron chi connectivity index (χ4n) is 2.39. The molecule has 0 bridgehead atoms. The number of aromatic nitrogens is 1. The van der Waals surface area contributed by atoms with Crippen LogP contribution in [0, 0.1) is 17.5 Å². The van der Waals surface area contributed by atoms with Gasteiger partial charge in [0.05, 0.1) is 5.69 Å². The molecule has 3 aromatic rings. The van der Waals surface area contributed by atoms with Crippen LogP contribution in [0.4, 0.5) is 30.2 Å².